The van der Waals surface area contributed by atoms with Gasteiger partial charge < -0.3 is 9.47 Å². The molecule has 0 aliphatic heterocycles. The zero-order valence-electron chi connectivity index (χ0n) is 27.5. The van der Waals surface area contributed by atoms with E-state index in [1.807, 2.05) is 0 Å². The smallest absolute Gasteiger partial charge is 0.0541 e. The predicted octanol–water partition coefficient (Wildman–Crippen LogP) is 13.3. The molecule has 0 fully saturated rings. The lowest BCUT2D eigenvalue weighted by Gasteiger charge is -2.26. The van der Waals surface area contributed by atoms with Crippen LogP contribution in [0, 0.1) is 0 Å². The molecule has 0 unspecified atom stereocenters. The standard InChI is InChI=1S/C48H34N2/c1-3-13-35(14-4-1)36-23-29-40(30-24-36)49(39-15-5-2-6-16-39)41-31-25-37(26-32-41)43-17-7-8-18-44(43)38-27-33-42(34-28-38)50-47-21-11-9-19-45(47)46-20-10-12-22-48(46)50/h1-34H. The quantitative estimate of drug-likeness (QED) is 0.169. The molecule has 0 saturated carbocycles. The topological polar surface area (TPSA) is 8.17 Å². The summed E-state index contributed by atoms with van der Waals surface area (Å²) in [6, 6.07) is 73.9. The average molecular weight is 639 g/mol. The molecule has 2 heteroatoms. The van der Waals surface area contributed by atoms with Gasteiger partial charge in [0.1, 0.15) is 0 Å². The van der Waals surface area contributed by atoms with E-state index < -0.39 is 0 Å². The Balaban J connectivity index is 1.05. The summed E-state index contributed by atoms with van der Waals surface area (Å²) in [7, 11) is 0. The molecule has 0 spiro atoms. The van der Waals surface area contributed by atoms with Crippen LogP contribution in [-0.2, 0) is 0 Å². The molecule has 9 aromatic rings. The average Bonchev–Trinajstić information content (AvgIpc) is 3.54. The summed E-state index contributed by atoms with van der Waals surface area (Å²) in [4.78, 5) is 2.32. The van der Waals surface area contributed by atoms with E-state index in [1.54, 1.807) is 0 Å². The number of fused-ring (bicyclic) bond motifs is 3. The van der Waals surface area contributed by atoms with Gasteiger partial charge in [0.25, 0.3) is 0 Å². The first-order valence-electron chi connectivity index (χ1n) is 17.1. The van der Waals surface area contributed by atoms with E-state index in [2.05, 4.69) is 216 Å². The van der Waals surface area contributed by atoms with E-state index in [0.717, 1.165) is 22.7 Å². The monoisotopic (exact) mass is 638 g/mol. The van der Waals surface area contributed by atoms with Crippen molar-refractivity contribution < 1.29 is 0 Å². The fraction of sp³-hybridized carbons (Fsp3) is 0. The van der Waals surface area contributed by atoms with Gasteiger partial charge in [-0.25, -0.2) is 0 Å². The Bertz CT molecular complexity index is 2490. The van der Waals surface area contributed by atoms with Gasteiger partial charge in [0.2, 0.25) is 0 Å². The number of benzene rings is 8. The number of para-hydroxylation sites is 3. The van der Waals surface area contributed by atoms with Crippen LogP contribution in [0.3, 0.4) is 0 Å². The summed E-state index contributed by atoms with van der Waals surface area (Å²) in [5.74, 6) is 0. The van der Waals surface area contributed by atoms with Crippen LogP contribution in [0.2, 0.25) is 0 Å². The molecule has 1 aromatic heterocycles. The van der Waals surface area contributed by atoms with Crippen LogP contribution in [0.1, 0.15) is 0 Å². The van der Waals surface area contributed by atoms with Crippen molar-refractivity contribution in [1.29, 1.82) is 0 Å². The Labute approximate surface area is 292 Å². The minimum absolute atomic E-state index is 1.11. The van der Waals surface area contributed by atoms with Crippen molar-refractivity contribution in [3.63, 3.8) is 0 Å². The van der Waals surface area contributed by atoms with Gasteiger partial charge in [-0.3, -0.25) is 0 Å². The van der Waals surface area contributed by atoms with Crippen LogP contribution in [0.25, 0.3) is 60.9 Å². The van der Waals surface area contributed by atoms with Crippen LogP contribution in [-0.4, -0.2) is 4.57 Å². The second kappa shape index (κ2) is 12.8. The molecule has 0 saturated heterocycles. The first kappa shape index (κ1) is 29.5. The molecule has 1 heterocycles. The SMILES string of the molecule is c1ccc(-c2ccc(N(c3ccccc3)c3ccc(-c4ccccc4-c4ccc(-n5c6ccccc6c6ccccc65)cc4)cc3)cc2)cc1. The normalized spacial score (nSPS) is 11.2. The summed E-state index contributed by atoms with van der Waals surface area (Å²) in [5, 5.41) is 2.55. The van der Waals surface area contributed by atoms with Gasteiger partial charge in [-0.1, -0.05) is 146 Å². The fourth-order valence-corrected chi connectivity index (χ4v) is 7.23. The zero-order valence-corrected chi connectivity index (χ0v) is 27.5. The maximum absolute atomic E-state index is 2.37. The summed E-state index contributed by atoms with van der Waals surface area (Å²) in [6.45, 7) is 0. The lowest BCUT2D eigenvalue weighted by Crippen LogP contribution is -2.09. The first-order chi connectivity index (χ1) is 24.8. The van der Waals surface area contributed by atoms with Crippen molar-refractivity contribution in [1.82, 2.24) is 4.57 Å². The second-order valence-electron chi connectivity index (χ2n) is 12.6. The Morgan fingerprint density at radius 3 is 1.20 bits per heavy atom. The van der Waals surface area contributed by atoms with Crippen molar-refractivity contribution in [2.45, 2.75) is 0 Å². The summed E-state index contributed by atoms with van der Waals surface area (Å²) in [5.41, 5.74) is 14.2. The minimum Gasteiger partial charge on any atom is -0.311 e. The highest BCUT2D eigenvalue weighted by Gasteiger charge is 2.15. The van der Waals surface area contributed by atoms with Crippen molar-refractivity contribution >= 4 is 38.9 Å². The molecule has 0 N–H and O–H groups in total. The van der Waals surface area contributed by atoms with Crippen LogP contribution in [0.5, 0.6) is 0 Å². The molecule has 0 radical (unpaired) electrons. The number of anilines is 3. The molecule has 0 amide bonds. The predicted molar refractivity (Wildman–Crippen MR) is 212 cm³/mol. The third kappa shape index (κ3) is 5.34. The summed E-state index contributed by atoms with van der Waals surface area (Å²) < 4.78 is 2.37. The Kier molecular flexibility index (Phi) is 7.53. The van der Waals surface area contributed by atoms with E-state index in [-0.39, 0.29) is 0 Å². The lowest BCUT2D eigenvalue weighted by atomic mass is 9.94. The van der Waals surface area contributed by atoms with Crippen molar-refractivity contribution in [3.05, 3.63) is 206 Å². The molecule has 9 rings (SSSR count). The molecule has 8 aromatic carbocycles. The lowest BCUT2D eigenvalue weighted by molar-refractivity contribution is 1.18. The molecule has 50 heavy (non-hydrogen) atoms. The largest absolute Gasteiger partial charge is 0.311 e. The highest BCUT2D eigenvalue weighted by Crippen LogP contribution is 2.39. The van der Waals surface area contributed by atoms with Crippen LogP contribution in [0.15, 0.2) is 206 Å². The van der Waals surface area contributed by atoms with Crippen LogP contribution < -0.4 is 4.90 Å². The fourth-order valence-electron chi connectivity index (χ4n) is 7.23. The van der Waals surface area contributed by atoms with Crippen molar-refractivity contribution in [2.75, 3.05) is 4.90 Å². The number of aromatic nitrogens is 1. The molecule has 0 bridgehead atoms. The number of hydrogen-bond acceptors (Lipinski definition) is 1. The molecular weight excluding hydrogens is 605 g/mol. The molecule has 0 aliphatic rings. The van der Waals surface area contributed by atoms with E-state index in [1.165, 1.54) is 55.2 Å². The minimum atomic E-state index is 1.11. The molecule has 0 atom stereocenters. The number of rotatable bonds is 7. The molecule has 2 nitrogen and oxygen atoms in total. The van der Waals surface area contributed by atoms with Crippen molar-refractivity contribution in [2.24, 2.45) is 0 Å². The van der Waals surface area contributed by atoms with Crippen molar-refractivity contribution in [3.8, 4) is 39.1 Å². The Morgan fingerprint density at radius 1 is 0.280 bits per heavy atom. The van der Waals surface area contributed by atoms with E-state index >= 15 is 0 Å². The van der Waals surface area contributed by atoms with Gasteiger partial charge in [0.05, 0.1) is 11.0 Å². The maximum Gasteiger partial charge on any atom is 0.0541 e. The highest BCUT2D eigenvalue weighted by atomic mass is 15.1. The van der Waals surface area contributed by atoms with Gasteiger partial charge in [-0.2, -0.15) is 0 Å². The summed E-state index contributed by atoms with van der Waals surface area (Å²) in [6.07, 6.45) is 0. The van der Waals surface area contributed by atoms with E-state index in [9.17, 15) is 0 Å². The van der Waals surface area contributed by atoms with Gasteiger partial charge in [-0.05, 0) is 94.0 Å². The number of nitrogens with zero attached hydrogens (tertiary/aromatic N) is 2. The third-order valence-electron chi connectivity index (χ3n) is 9.63. The molecule has 236 valence electrons. The Hall–Kier alpha value is -6.64. The highest BCUT2D eigenvalue weighted by molar-refractivity contribution is 6.09. The van der Waals surface area contributed by atoms with Crippen LogP contribution in [0.4, 0.5) is 17.1 Å². The van der Waals surface area contributed by atoms with Gasteiger partial charge >= 0.3 is 0 Å². The van der Waals surface area contributed by atoms with Gasteiger partial charge in [0, 0.05) is 33.5 Å². The van der Waals surface area contributed by atoms with Gasteiger partial charge in [-0.15, -0.1) is 0 Å². The second-order valence-corrected chi connectivity index (χ2v) is 12.6. The van der Waals surface area contributed by atoms with E-state index in [0.29, 0.717) is 0 Å². The van der Waals surface area contributed by atoms with Gasteiger partial charge in [0.15, 0.2) is 0 Å². The Morgan fingerprint density at radius 2 is 0.660 bits per heavy atom. The number of hydrogen-bond donors (Lipinski definition) is 0. The molecular formula is C48H34N2. The third-order valence-corrected chi connectivity index (χ3v) is 9.63. The molecule has 0 aliphatic carbocycles. The maximum atomic E-state index is 2.37. The van der Waals surface area contributed by atoms with Crippen LogP contribution >= 0.6 is 0 Å². The first-order valence-corrected chi connectivity index (χ1v) is 17.1. The zero-order chi connectivity index (χ0) is 33.3. The summed E-state index contributed by atoms with van der Waals surface area (Å²) >= 11 is 0. The van der Waals surface area contributed by atoms with E-state index in [4.69, 9.17) is 0 Å².